The van der Waals surface area contributed by atoms with Gasteiger partial charge in [-0.15, -0.1) is 11.3 Å². The number of ether oxygens (including phenoxy) is 1. The van der Waals surface area contributed by atoms with Crippen LogP contribution >= 0.6 is 11.3 Å². The van der Waals surface area contributed by atoms with E-state index in [0.717, 1.165) is 54.6 Å². The van der Waals surface area contributed by atoms with Gasteiger partial charge in [-0.05, 0) is 44.8 Å². The van der Waals surface area contributed by atoms with Gasteiger partial charge in [0.15, 0.2) is 5.75 Å². The lowest BCUT2D eigenvalue weighted by atomic mass is 10.1. The minimum Gasteiger partial charge on any atom is -0.494 e. The maximum atomic E-state index is 13.6. The van der Waals surface area contributed by atoms with E-state index in [1.165, 1.54) is 24.2 Å². The van der Waals surface area contributed by atoms with E-state index in [1.54, 1.807) is 18.7 Å². The number of pyridine rings is 1. The number of halogens is 3. The number of para-hydroxylation sites is 1. The monoisotopic (exact) mass is 539 g/mol. The summed E-state index contributed by atoms with van der Waals surface area (Å²) in [5, 5.41) is 8.62. The van der Waals surface area contributed by atoms with E-state index >= 15 is 0 Å². The Balaban J connectivity index is 0.000000405. The number of alkyl halides is 3. The summed E-state index contributed by atoms with van der Waals surface area (Å²) >= 11 is 1.40. The van der Waals surface area contributed by atoms with Crippen molar-refractivity contribution >= 4 is 44.2 Å². The van der Waals surface area contributed by atoms with E-state index in [9.17, 15) is 22.8 Å². The molecule has 1 N–H and O–H groups in total. The van der Waals surface area contributed by atoms with Gasteiger partial charge in [-0.1, -0.05) is 18.2 Å². The zero-order valence-electron chi connectivity index (χ0n) is 20.5. The summed E-state index contributed by atoms with van der Waals surface area (Å²) in [7, 11) is 3.33. The molecule has 2 saturated heterocycles. The van der Waals surface area contributed by atoms with Crippen molar-refractivity contribution in [3.63, 3.8) is 0 Å². The molecule has 0 saturated carbocycles. The van der Waals surface area contributed by atoms with Gasteiger partial charge in [0.1, 0.15) is 10.3 Å². The summed E-state index contributed by atoms with van der Waals surface area (Å²) in [5.41, 5.74) is 0.747. The van der Waals surface area contributed by atoms with Gasteiger partial charge in [0.2, 0.25) is 0 Å². The number of aromatic nitrogens is 1. The normalized spacial score (nSPS) is 18.3. The fourth-order valence-electron chi connectivity index (χ4n) is 5.06. The lowest BCUT2D eigenvalue weighted by molar-refractivity contribution is -0.192. The van der Waals surface area contributed by atoms with Gasteiger partial charge in [-0.3, -0.25) is 9.59 Å². The van der Waals surface area contributed by atoms with Crippen molar-refractivity contribution < 1.29 is 32.6 Å². The molecule has 0 spiro atoms. The van der Waals surface area contributed by atoms with Gasteiger partial charge >= 0.3 is 12.1 Å². The van der Waals surface area contributed by atoms with Crippen LogP contribution in [0.5, 0.6) is 5.75 Å². The number of rotatable bonds is 4. The number of aliphatic carboxylic acids is 1. The molecule has 2 aliphatic heterocycles. The molecule has 2 aliphatic rings. The fourth-order valence-corrected chi connectivity index (χ4v) is 6.31. The molecule has 5 rings (SSSR count). The Hall–Kier alpha value is -3.12. The van der Waals surface area contributed by atoms with Crippen LogP contribution in [-0.4, -0.2) is 76.9 Å². The molecule has 200 valence electrons. The van der Waals surface area contributed by atoms with Crippen molar-refractivity contribution in [3.8, 4) is 5.75 Å². The number of carbonyl (C=O) groups is 2. The van der Waals surface area contributed by atoms with Crippen molar-refractivity contribution in [2.45, 2.75) is 37.9 Å². The lowest BCUT2D eigenvalue weighted by Gasteiger charge is -2.28. The first kappa shape index (κ1) is 26.9. The minimum atomic E-state index is -5.08. The highest BCUT2D eigenvalue weighted by Gasteiger charge is 2.38. The number of amides is 1. The van der Waals surface area contributed by atoms with Gasteiger partial charge in [0, 0.05) is 31.6 Å². The van der Waals surface area contributed by atoms with E-state index in [2.05, 4.69) is 4.90 Å². The molecule has 0 bridgehead atoms. The molecule has 0 aliphatic carbocycles. The van der Waals surface area contributed by atoms with Crippen molar-refractivity contribution in [1.29, 1.82) is 0 Å². The topological polar surface area (TPSA) is 92.1 Å². The summed E-state index contributed by atoms with van der Waals surface area (Å²) in [6, 6.07) is 8.08. The molecule has 3 aromatic rings. The van der Waals surface area contributed by atoms with Gasteiger partial charge in [-0.2, -0.15) is 13.2 Å². The SMILES string of the molecule is COc1c(C(=O)N2CCC[C@H]2CN2CCCC2)sc2c1c(=O)n(C)c1ccccc21.O=C(O)C(F)(F)F. The first-order valence-electron chi connectivity index (χ1n) is 12.0. The molecule has 2 fully saturated rings. The first-order valence-corrected chi connectivity index (χ1v) is 12.8. The van der Waals surface area contributed by atoms with Gasteiger partial charge < -0.3 is 24.2 Å². The molecule has 37 heavy (non-hydrogen) atoms. The second-order valence-corrected chi connectivity index (χ2v) is 10.2. The first-order chi connectivity index (χ1) is 17.5. The minimum absolute atomic E-state index is 0.000816. The zero-order valence-corrected chi connectivity index (χ0v) is 21.3. The average Bonchev–Trinajstić information content (AvgIpc) is 3.62. The molecule has 2 aromatic heterocycles. The maximum absolute atomic E-state index is 13.6. The highest BCUT2D eigenvalue weighted by Crippen LogP contribution is 2.40. The van der Waals surface area contributed by atoms with Gasteiger partial charge in [0.25, 0.3) is 11.5 Å². The van der Waals surface area contributed by atoms with Crippen molar-refractivity contribution in [2.24, 2.45) is 7.05 Å². The molecule has 0 unspecified atom stereocenters. The van der Waals surface area contributed by atoms with Crippen LogP contribution in [0, 0.1) is 0 Å². The number of hydrogen-bond donors (Lipinski definition) is 1. The quantitative estimate of drug-likeness (QED) is 0.537. The zero-order chi connectivity index (χ0) is 26.9. The molecule has 8 nitrogen and oxygen atoms in total. The van der Waals surface area contributed by atoms with Crippen molar-refractivity contribution in [3.05, 3.63) is 39.5 Å². The second-order valence-electron chi connectivity index (χ2n) is 9.16. The van der Waals surface area contributed by atoms with Crippen molar-refractivity contribution in [1.82, 2.24) is 14.4 Å². The Morgan fingerprint density at radius 1 is 1.14 bits per heavy atom. The van der Waals surface area contributed by atoms with E-state index in [1.807, 2.05) is 29.2 Å². The maximum Gasteiger partial charge on any atom is 0.490 e. The third kappa shape index (κ3) is 5.30. The fraction of sp³-hybridized carbons (Fsp3) is 0.480. The molecule has 1 atom stereocenters. The Morgan fingerprint density at radius 2 is 1.78 bits per heavy atom. The van der Waals surface area contributed by atoms with Crippen LogP contribution in [0.4, 0.5) is 13.2 Å². The van der Waals surface area contributed by atoms with Crippen LogP contribution in [0.1, 0.15) is 35.4 Å². The molecule has 1 aromatic carbocycles. The van der Waals surface area contributed by atoms with Crippen molar-refractivity contribution in [2.75, 3.05) is 33.3 Å². The Labute approximate surface area is 214 Å². The second kappa shape index (κ2) is 10.7. The summed E-state index contributed by atoms with van der Waals surface area (Å²) in [5.74, 6) is -2.33. The van der Waals surface area contributed by atoms with Crippen LogP contribution in [0.3, 0.4) is 0 Å². The van der Waals surface area contributed by atoms with E-state index in [-0.39, 0.29) is 17.5 Å². The number of aryl methyl sites for hydroxylation is 1. The van der Waals surface area contributed by atoms with Crippen LogP contribution in [0.15, 0.2) is 29.1 Å². The van der Waals surface area contributed by atoms with Gasteiger partial charge in [0.05, 0.1) is 17.3 Å². The smallest absolute Gasteiger partial charge is 0.490 e. The largest absolute Gasteiger partial charge is 0.494 e. The van der Waals surface area contributed by atoms with Crippen LogP contribution < -0.4 is 10.3 Å². The van der Waals surface area contributed by atoms with E-state index in [4.69, 9.17) is 14.6 Å². The Morgan fingerprint density at radius 3 is 2.41 bits per heavy atom. The number of nitrogens with zero attached hydrogens (tertiary/aromatic N) is 3. The molecular formula is C25H28F3N3O5S. The standard InChI is InChI=1S/C23H27N3O3S.C2HF3O2/c1-24-17-10-4-3-9-16(17)20-18(22(24)27)19(29-2)21(30-20)23(28)26-13-7-8-15(26)14-25-11-5-6-12-25;3-2(4,5)1(6)7/h3-4,9-10,15H,5-8,11-14H2,1-2H3;(H,6,7)/t15-;/m0./s1. The molecule has 4 heterocycles. The highest BCUT2D eigenvalue weighted by molar-refractivity contribution is 7.22. The number of fused-ring (bicyclic) bond motifs is 3. The van der Waals surface area contributed by atoms with Crippen LogP contribution in [0.2, 0.25) is 0 Å². The number of carboxylic acids is 1. The molecule has 0 radical (unpaired) electrons. The third-order valence-corrected chi connectivity index (χ3v) is 8.03. The summed E-state index contributed by atoms with van der Waals surface area (Å²) in [6.07, 6.45) is -0.509. The Kier molecular flexibility index (Phi) is 7.79. The number of methoxy groups -OCH3 is 1. The molecule has 12 heteroatoms. The number of hydrogen-bond acceptors (Lipinski definition) is 6. The number of carbonyl (C=O) groups excluding carboxylic acids is 1. The predicted molar refractivity (Wildman–Crippen MR) is 135 cm³/mol. The number of benzene rings is 1. The summed E-state index contributed by atoms with van der Waals surface area (Å²) < 4.78 is 39.9. The molecule has 1 amide bonds. The Bertz CT molecular complexity index is 1380. The number of likely N-dealkylation sites (tertiary alicyclic amines) is 2. The number of carboxylic acid groups (broad SMARTS) is 1. The summed E-state index contributed by atoms with van der Waals surface area (Å²) in [4.78, 5) is 40.7. The van der Waals surface area contributed by atoms with Crippen LogP contribution in [0.25, 0.3) is 21.0 Å². The average molecular weight is 540 g/mol. The highest BCUT2D eigenvalue weighted by atomic mass is 32.1. The lowest BCUT2D eigenvalue weighted by Crippen LogP contribution is -2.42. The number of thiophene rings is 1. The third-order valence-electron chi connectivity index (χ3n) is 6.84. The summed E-state index contributed by atoms with van der Waals surface area (Å²) in [6.45, 7) is 3.98. The molecular weight excluding hydrogens is 511 g/mol. The van der Waals surface area contributed by atoms with E-state index < -0.39 is 12.1 Å². The van der Waals surface area contributed by atoms with Crippen LogP contribution in [-0.2, 0) is 11.8 Å². The van der Waals surface area contributed by atoms with Gasteiger partial charge in [-0.25, -0.2) is 4.79 Å². The van der Waals surface area contributed by atoms with E-state index in [0.29, 0.717) is 16.0 Å². The predicted octanol–water partition coefficient (Wildman–Crippen LogP) is 4.10.